The molecule has 2 rings (SSSR count). The standard InChI is InChI=1S/C13H15F2N3O2/c1-2-13(19,6-18-9-16-8-17-18)7-20-12-4-3-10(14)5-11(12)15/h3-5,8-9,19H,2,6-7H2,1H3. The summed E-state index contributed by atoms with van der Waals surface area (Å²) in [6.07, 6.45) is 3.21. The number of hydrogen-bond acceptors (Lipinski definition) is 4. The Kier molecular flexibility index (Phi) is 4.29. The first-order valence-corrected chi connectivity index (χ1v) is 6.15. The Hall–Kier alpha value is -2.02. The fourth-order valence-electron chi connectivity index (χ4n) is 1.68. The van der Waals surface area contributed by atoms with Crippen molar-refractivity contribution in [1.29, 1.82) is 0 Å². The number of hydrogen-bond donors (Lipinski definition) is 1. The molecule has 20 heavy (non-hydrogen) atoms. The summed E-state index contributed by atoms with van der Waals surface area (Å²) in [4.78, 5) is 3.78. The molecule has 1 unspecified atom stereocenters. The van der Waals surface area contributed by atoms with E-state index in [2.05, 4.69) is 10.1 Å². The van der Waals surface area contributed by atoms with Gasteiger partial charge in [0.05, 0.1) is 6.54 Å². The van der Waals surface area contributed by atoms with E-state index in [9.17, 15) is 13.9 Å². The van der Waals surface area contributed by atoms with E-state index in [0.29, 0.717) is 6.42 Å². The minimum atomic E-state index is -1.21. The first-order valence-electron chi connectivity index (χ1n) is 6.15. The molecule has 0 radical (unpaired) electrons. The average molecular weight is 283 g/mol. The topological polar surface area (TPSA) is 60.2 Å². The summed E-state index contributed by atoms with van der Waals surface area (Å²) in [7, 11) is 0. The molecule has 1 N–H and O–H groups in total. The highest BCUT2D eigenvalue weighted by atomic mass is 19.1. The lowest BCUT2D eigenvalue weighted by atomic mass is 10.0. The quantitative estimate of drug-likeness (QED) is 0.878. The second-order valence-corrected chi connectivity index (χ2v) is 4.53. The van der Waals surface area contributed by atoms with Crippen LogP contribution in [0.15, 0.2) is 30.9 Å². The third-order valence-corrected chi connectivity index (χ3v) is 2.97. The van der Waals surface area contributed by atoms with E-state index in [1.807, 2.05) is 0 Å². The number of aliphatic hydroxyl groups is 1. The first-order chi connectivity index (χ1) is 9.52. The Balaban J connectivity index is 2.02. The van der Waals surface area contributed by atoms with E-state index in [1.165, 1.54) is 23.4 Å². The molecule has 0 aliphatic rings. The van der Waals surface area contributed by atoms with Gasteiger partial charge in [-0.3, -0.25) is 0 Å². The molecule has 1 atom stereocenters. The van der Waals surface area contributed by atoms with Crippen LogP contribution in [0, 0.1) is 11.6 Å². The van der Waals surface area contributed by atoms with Crippen LogP contribution >= 0.6 is 0 Å². The molecule has 5 nitrogen and oxygen atoms in total. The Bertz CT molecular complexity index is 563. The summed E-state index contributed by atoms with van der Waals surface area (Å²) >= 11 is 0. The molecule has 2 aromatic rings. The smallest absolute Gasteiger partial charge is 0.167 e. The van der Waals surface area contributed by atoms with Crippen molar-refractivity contribution in [2.45, 2.75) is 25.5 Å². The normalized spacial score (nSPS) is 14.0. The number of nitrogens with zero attached hydrogens (tertiary/aromatic N) is 3. The van der Waals surface area contributed by atoms with E-state index in [4.69, 9.17) is 4.74 Å². The van der Waals surface area contributed by atoms with Gasteiger partial charge in [0, 0.05) is 6.07 Å². The lowest BCUT2D eigenvalue weighted by molar-refractivity contribution is -0.0258. The summed E-state index contributed by atoms with van der Waals surface area (Å²) in [5.41, 5.74) is -1.21. The van der Waals surface area contributed by atoms with Gasteiger partial charge in [0.15, 0.2) is 11.6 Å². The van der Waals surface area contributed by atoms with Crippen molar-refractivity contribution in [3.8, 4) is 5.75 Å². The van der Waals surface area contributed by atoms with E-state index >= 15 is 0 Å². The maximum absolute atomic E-state index is 13.4. The van der Waals surface area contributed by atoms with Gasteiger partial charge in [-0.05, 0) is 18.6 Å². The van der Waals surface area contributed by atoms with Crippen molar-refractivity contribution < 1.29 is 18.6 Å². The third-order valence-electron chi connectivity index (χ3n) is 2.97. The largest absolute Gasteiger partial charge is 0.487 e. The predicted octanol–water partition coefficient (Wildman–Crippen LogP) is 1.78. The number of benzene rings is 1. The van der Waals surface area contributed by atoms with Crippen molar-refractivity contribution in [3.63, 3.8) is 0 Å². The van der Waals surface area contributed by atoms with E-state index in [0.717, 1.165) is 12.1 Å². The van der Waals surface area contributed by atoms with Gasteiger partial charge in [-0.1, -0.05) is 6.92 Å². The molecular weight excluding hydrogens is 268 g/mol. The molecule has 0 aliphatic heterocycles. The van der Waals surface area contributed by atoms with Gasteiger partial charge >= 0.3 is 0 Å². The van der Waals surface area contributed by atoms with Gasteiger partial charge in [0.25, 0.3) is 0 Å². The van der Waals surface area contributed by atoms with E-state index < -0.39 is 17.2 Å². The number of ether oxygens (including phenoxy) is 1. The van der Waals surface area contributed by atoms with Gasteiger partial charge in [-0.2, -0.15) is 5.10 Å². The SMILES string of the molecule is CCC(O)(COc1ccc(F)cc1F)Cn1cncn1. The minimum Gasteiger partial charge on any atom is -0.487 e. The third kappa shape index (κ3) is 3.51. The van der Waals surface area contributed by atoms with Crippen molar-refractivity contribution >= 4 is 0 Å². The van der Waals surface area contributed by atoms with Crippen LogP contribution in [0.2, 0.25) is 0 Å². The molecule has 1 heterocycles. The zero-order valence-corrected chi connectivity index (χ0v) is 11.0. The van der Waals surface area contributed by atoms with E-state index in [-0.39, 0.29) is 18.9 Å². The highest BCUT2D eigenvalue weighted by Gasteiger charge is 2.27. The average Bonchev–Trinajstić information content (AvgIpc) is 2.90. The van der Waals surface area contributed by atoms with Gasteiger partial charge in [-0.15, -0.1) is 0 Å². The summed E-state index contributed by atoms with van der Waals surface area (Å²) in [5.74, 6) is -1.58. The Morgan fingerprint density at radius 3 is 2.80 bits per heavy atom. The fourth-order valence-corrected chi connectivity index (χ4v) is 1.68. The summed E-state index contributed by atoms with van der Waals surface area (Å²) in [6, 6.07) is 3.02. The summed E-state index contributed by atoms with van der Waals surface area (Å²) in [6.45, 7) is 1.82. The molecule has 0 saturated heterocycles. The molecule has 0 aliphatic carbocycles. The van der Waals surface area contributed by atoms with Crippen molar-refractivity contribution in [2.75, 3.05) is 6.61 Å². The van der Waals surface area contributed by atoms with Crippen LogP contribution < -0.4 is 4.74 Å². The minimum absolute atomic E-state index is 0.100. The molecule has 7 heteroatoms. The van der Waals surface area contributed by atoms with Gasteiger partial charge in [0.1, 0.15) is 30.7 Å². The van der Waals surface area contributed by atoms with Crippen LogP contribution in [-0.4, -0.2) is 32.1 Å². The van der Waals surface area contributed by atoms with Crippen LogP contribution in [0.4, 0.5) is 8.78 Å². The second-order valence-electron chi connectivity index (χ2n) is 4.53. The summed E-state index contributed by atoms with van der Waals surface area (Å²) in [5, 5.41) is 14.3. The van der Waals surface area contributed by atoms with Crippen molar-refractivity contribution in [1.82, 2.24) is 14.8 Å². The lowest BCUT2D eigenvalue weighted by Gasteiger charge is -2.26. The second kappa shape index (κ2) is 5.96. The fraction of sp³-hybridized carbons (Fsp3) is 0.385. The maximum atomic E-state index is 13.4. The maximum Gasteiger partial charge on any atom is 0.167 e. The van der Waals surface area contributed by atoms with E-state index in [1.54, 1.807) is 6.92 Å². The molecule has 0 saturated carbocycles. The molecule has 1 aromatic carbocycles. The van der Waals surface area contributed by atoms with Crippen molar-refractivity contribution in [2.24, 2.45) is 0 Å². The predicted molar refractivity (Wildman–Crippen MR) is 67.1 cm³/mol. The number of halogens is 2. The Labute approximate surface area is 114 Å². The van der Waals surface area contributed by atoms with Crippen LogP contribution in [0.5, 0.6) is 5.75 Å². The van der Waals surface area contributed by atoms with Crippen LogP contribution in [0.25, 0.3) is 0 Å². The van der Waals surface area contributed by atoms with Gasteiger partial charge in [-0.25, -0.2) is 18.4 Å². The molecular formula is C13H15F2N3O2. The first kappa shape index (κ1) is 14.4. The van der Waals surface area contributed by atoms with Gasteiger partial charge < -0.3 is 9.84 Å². The molecule has 0 amide bonds. The Morgan fingerprint density at radius 1 is 1.40 bits per heavy atom. The Morgan fingerprint density at radius 2 is 2.20 bits per heavy atom. The highest BCUT2D eigenvalue weighted by molar-refractivity contribution is 5.24. The highest BCUT2D eigenvalue weighted by Crippen LogP contribution is 2.21. The van der Waals surface area contributed by atoms with Crippen LogP contribution in [0.3, 0.4) is 0 Å². The van der Waals surface area contributed by atoms with Crippen LogP contribution in [-0.2, 0) is 6.54 Å². The molecule has 0 fully saturated rings. The molecule has 1 aromatic heterocycles. The number of aromatic nitrogens is 3. The molecule has 0 bridgehead atoms. The molecule has 0 spiro atoms. The van der Waals surface area contributed by atoms with Crippen LogP contribution in [0.1, 0.15) is 13.3 Å². The monoisotopic (exact) mass is 283 g/mol. The zero-order chi connectivity index (χ0) is 14.6. The lowest BCUT2D eigenvalue weighted by Crippen LogP contribution is -2.40. The number of rotatable bonds is 6. The molecule has 108 valence electrons. The zero-order valence-electron chi connectivity index (χ0n) is 11.0. The van der Waals surface area contributed by atoms with Gasteiger partial charge in [0.2, 0.25) is 0 Å². The summed E-state index contributed by atoms with van der Waals surface area (Å²) < 4.78 is 32.9. The van der Waals surface area contributed by atoms with Crippen molar-refractivity contribution in [3.05, 3.63) is 42.5 Å².